The first-order valence-corrected chi connectivity index (χ1v) is 12.3. The lowest BCUT2D eigenvalue weighted by Crippen LogP contribution is -2.63. The molecule has 4 rings (SSSR count). The fraction of sp³-hybridized carbons (Fsp3) is 0.321. The van der Waals surface area contributed by atoms with Gasteiger partial charge >= 0.3 is 0 Å². The van der Waals surface area contributed by atoms with Gasteiger partial charge in [-0.25, -0.2) is 0 Å². The van der Waals surface area contributed by atoms with Crippen LogP contribution < -0.4 is 5.32 Å². The summed E-state index contributed by atoms with van der Waals surface area (Å²) in [6.45, 7) is 10.9. The van der Waals surface area contributed by atoms with Crippen LogP contribution in [-0.2, 0) is 15.7 Å². The van der Waals surface area contributed by atoms with Crippen LogP contribution in [0.15, 0.2) is 60.0 Å². The molecule has 0 unspecified atom stereocenters. The number of rotatable bonds is 4. The Morgan fingerprint density at radius 2 is 1.85 bits per heavy atom. The first-order valence-electron chi connectivity index (χ1n) is 11.5. The number of thiophene rings is 1. The second-order valence-corrected chi connectivity index (χ2v) is 10.9. The smallest absolute Gasteiger partial charge is 0.239 e. The minimum atomic E-state index is -0.779. The monoisotopic (exact) mass is 470 g/mol. The summed E-state index contributed by atoms with van der Waals surface area (Å²) < 4.78 is 0. The summed E-state index contributed by atoms with van der Waals surface area (Å²) in [7, 11) is 0. The number of nitriles is 1. The third-order valence-electron chi connectivity index (χ3n) is 6.60. The van der Waals surface area contributed by atoms with Gasteiger partial charge < -0.3 is 5.32 Å². The number of benzene rings is 2. The Bertz CT molecular complexity index is 1280. The van der Waals surface area contributed by atoms with E-state index in [-0.39, 0.29) is 17.3 Å². The van der Waals surface area contributed by atoms with E-state index in [9.17, 15) is 10.1 Å². The average molecular weight is 471 g/mol. The van der Waals surface area contributed by atoms with Gasteiger partial charge in [-0.05, 0) is 65.1 Å². The van der Waals surface area contributed by atoms with Crippen LogP contribution in [0, 0.1) is 16.7 Å². The highest BCUT2D eigenvalue weighted by molar-refractivity contribution is 7.10. The second-order valence-electron chi connectivity index (χ2n) is 9.96. The lowest BCUT2D eigenvalue weighted by atomic mass is 9.75. The molecule has 1 aliphatic rings. The number of nitrogens with one attached hydrogen (secondary N) is 2. The number of amides is 1. The van der Waals surface area contributed by atoms with E-state index in [4.69, 9.17) is 5.41 Å². The summed E-state index contributed by atoms with van der Waals surface area (Å²) >= 11 is 1.57. The van der Waals surface area contributed by atoms with E-state index < -0.39 is 11.5 Å². The molecule has 1 amide bonds. The number of hydrogen-bond acceptors (Lipinski definition) is 4. The Morgan fingerprint density at radius 3 is 2.47 bits per heavy atom. The molecule has 5 nitrogen and oxygen atoms in total. The quantitative estimate of drug-likeness (QED) is 0.493. The van der Waals surface area contributed by atoms with Crippen LogP contribution in [0.25, 0.3) is 11.1 Å². The maximum Gasteiger partial charge on any atom is 0.239 e. The minimum absolute atomic E-state index is 0.0227. The summed E-state index contributed by atoms with van der Waals surface area (Å²) in [4.78, 5) is 16.2. The van der Waals surface area contributed by atoms with Gasteiger partial charge in [-0.1, -0.05) is 57.2 Å². The Hall–Kier alpha value is -3.43. The summed E-state index contributed by atoms with van der Waals surface area (Å²) in [5.74, 6) is -0.426. The number of carbonyl (C=O) groups is 1. The van der Waals surface area contributed by atoms with E-state index in [1.807, 2.05) is 32.0 Å². The second kappa shape index (κ2) is 8.73. The van der Waals surface area contributed by atoms with Crippen molar-refractivity contribution in [2.24, 2.45) is 0 Å². The fourth-order valence-corrected chi connectivity index (χ4v) is 5.66. The van der Waals surface area contributed by atoms with Gasteiger partial charge in [0.2, 0.25) is 5.91 Å². The molecule has 1 aromatic heterocycles. The van der Waals surface area contributed by atoms with Crippen molar-refractivity contribution in [2.45, 2.75) is 51.5 Å². The van der Waals surface area contributed by atoms with Crippen LogP contribution in [0.2, 0.25) is 0 Å². The van der Waals surface area contributed by atoms with E-state index in [1.165, 1.54) is 10.5 Å². The Kier molecular flexibility index (Phi) is 6.09. The molecule has 174 valence electrons. The fourth-order valence-electron chi connectivity index (χ4n) is 4.60. The summed E-state index contributed by atoms with van der Waals surface area (Å²) in [6.07, 6.45) is 0. The largest absolute Gasteiger partial charge is 0.345 e. The molecule has 3 aromatic rings. The molecule has 0 radical (unpaired) electrons. The molecule has 34 heavy (non-hydrogen) atoms. The van der Waals surface area contributed by atoms with Crippen molar-refractivity contribution < 1.29 is 4.79 Å². The predicted molar refractivity (Wildman–Crippen MR) is 138 cm³/mol. The standard InChI is InChI=1S/C28H30N4OS/c1-6-32-25(33)24(19-10-12-22(13-11-19)27(2,3)4)28(5,31-26(32)30)23-15-21(17-34-23)20-9-7-8-18(14-20)16-29/h7-15,17,24H,6H2,1-5H3,(H2,30,31)/t24-,28-/m1/s1. The van der Waals surface area contributed by atoms with Crippen molar-refractivity contribution >= 4 is 23.2 Å². The van der Waals surface area contributed by atoms with Gasteiger partial charge in [-0.2, -0.15) is 5.26 Å². The Balaban J connectivity index is 1.80. The molecule has 0 spiro atoms. The first kappa shape index (κ1) is 23.7. The molecular formula is C28H30N4OS. The highest BCUT2D eigenvalue weighted by atomic mass is 32.1. The normalized spacial score (nSPS) is 20.7. The molecule has 2 aromatic carbocycles. The van der Waals surface area contributed by atoms with Gasteiger partial charge in [0.1, 0.15) is 0 Å². The predicted octanol–water partition coefficient (Wildman–Crippen LogP) is 5.97. The summed E-state index contributed by atoms with van der Waals surface area (Å²) in [5, 5.41) is 23.2. The maximum atomic E-state index is 13.7. The highest BCUT2D eigenvalue weighted by Gasteiger charge is 2.49. The van der Waals surface area contributed by atoms with Crippen molar-refractivity contribution in [1.29, 1.82) is 10.7 Å². The van der Waals surface area contributed by atoms with Crippen molar-refractivity contribution in [3.8, 4) is 17.2 Å². The molecule has 0 saturated carbocycles. The van der Waals surface area contributed by atoms with E-state index in [0.29, 0.717) is 12.1 Å². The van der Waals surface area contributed by atoms with Gasteiger partial charge in [0.05, 0.1) is 23.1 Å². The third kappa shape index (κ3) is 4.12. The zero-order valence-corrected chi connectivity index (χ0v) is 21.1. The zero-order chi connectivity index (χ0) is 24.7. The number of carbonyl (C=O) groups excluding carboxylic acids is 1. The van der Waals surface area contributed by atoms with Crippen molar-refractivity contribution in [1.82, 2.24) is 10.2 Å². The third-order valence-corrected chi connectivity index (χ3v) is 7.77. The number of nitrogens with zero attached hydrogens (tertiary/aromatic N) is 2. The molecular weight excluding hydrogens is 440 g/mol. The molecule has 0 aliphatic carbocycles. The van der Waals surface area contributed by atoms with Crippen LogP contribution in [0.1, 0.15) is 62.1 Å². The van der Waals surface area contributed by atoms with Gasteiger partial charge in [0.15, 0.2) is 5.96 Å². The van der Waals surface area contributed by atoms with Crippen LogP contribution in [0.4, 0.5) is 0 Å². The van der Waals surface area contributed by atoms with E-state index in [1.54, 1.807) is 17.4 Å². The first-order chi connectivity index (χ1) is 16.1. The molecule has 6 heteroatoms. The Labute approximate surface area is 205 Å². The lowest BCUT2D eigenvalue weighted by molar-refractivity contribution is -0.132. The van der Waals surface area contributed by atoms with Gasteiger partial charge in [-0.3, -0.25) is 15.1 Å². The van der Waals surface area contributed by atoms with Crippen LogP contribution >= 0.6 is 11.3 Å². The highest BCUT2D eigenvalue weighted by Crippen LogP contribution is 2.44. The van der Waals surface area contributed by atoms with Gasteiger partial charge in [0.25, 0.3) is 0 Å². The zero-order valence-electron chi connectivity index (χ0n) is 20.3. The van der Waals surface area contributed by atoms with Crippen molar-refractivity contribution in [3.05, 3.63) is 81.5 Å². The summed E-state index contributed by atoms with van der Waals surface area (Å²) in [6, 6.07) is 20.1. The van der Waals surface area contributed by atoms with E-state index in [2.05, 4.69) is 67.9 Å². The molecule has 1 fully saturated rings. The van der Waals surface area contributed by atoms with E-state index in [0.717, 1.165) is 21.6 Å². The van der Waals surface area contributed by atoms with Crippen molar-refractivity contribution in [3.63, 3.8) is 0 Å². The molecule has 1 saturated heterocycles. The van der Waals surface area contributed by atoms with E-state index >= 15 is 0 Å². The maximum absolute atomic E-state index is 13.7. The number of guanidine groups is 1. The average Bonchev–Trinajstić information content (AvgIpc) is 3.30. The number of hydrogen-bond donors (Lipinski definition) is 2. The van der Waals surface area contributed by atoms with Crippen molar-refractivity contribution in [2.75, 3.05) is 6.54 Å². The topological polar surface area (TPSA) is 80.0 Å². The molecule has 2 atom stereocenters. The lowest BCUT2D eigenvalue weighted by Gasteiger charge is -2.46. The van der Waals surface area contributed by atoms with Crippen LogP contribution in [0.5, 0.6) is 0 Å². The molecule has 2 N–H and O–H groups in total. The van der Waals surface area contributed by atoms with Gasteiger partial charge in [0, 0.05) is 11.4 Å². The molecule has 0 bridgehead atoms. The number of likely N-dealkylation sites (N-methyl/N-ethyl adjacent to an activating group) is 1. The molecule has 1 aliphatic heterocycles. The Morgan fingerprint density at radius 1 is 1.15 bits per heavy atom. The van der Waals surface area contributed by atoms with Crippen LogP contribution in [-0.4, -0.2) is 23.3 Å². The SMILES string of the molecule is CCN1C(=N)N[C@](C)(c2cc(-c3cccc(C#N)c3)cs2)[C@H](c2ccc(C(C)(C)C)cc2)C1=O. The minimum Gasteiger partial charge on any atom is -0.345 e. The van der Waals surface area contributed by atoms with Gasteiger partial charge in [-0.15, -0.1) is 11.3 Å². The summed E-state index contributed by atoms with van der Waals surface area (Å²) in [5.41, 5.74) is 3.96. The molecule has 2 heterocycles. The van der Waals surface area contributed by atoms with Crippen LogP contribution in [0.3, 0.4) is 0 Å².